The molecule has 1 heterocycles. The van der Waals surface area contributed by atoms with E-state index in [0.717, 1.165) is 0 Å². The van der Waals surface area contributed by atoms with Crippen LogP contribution in [0.4, 0.5) is 0 Å². The van der Waals surface area contributed by atoms with Crippen molar-refractivity contribution in [3.63, 3.8) is 0 Å². The minimum Gasteiger partial charge on any atom is -0.467 e. The van der Waals surface area contributed by atoms with Gasteiger partial charge >= 0.3 is 5.97 Å². The lowest BCUT2D eigenvalue weighted by Crippen LogP contribution is -2.39. The third-order valence-electron chi connectivity index (χ3n) is 2.69. The van der Waals surface area contributed by atoms with E-state index in [-0.39, 0.29) is 10.6 Å². The Bertz CT molecular complexity index is 620. The number of nitrogens with zero attached hydrogens (tertiary/aromatic N) is 1. The fourth-order valence-electron chi connectivity index (χ4n) is 1.53. The van der Waals surface area contributed by atoms with E-state index in [9.17, 15) is 18.0 Å². The van der Waals surface area contributed by atoms with Crippen LogP contribution in [0.5, 0.6) is 0 Å². The fourth-order valence-corrected chi connectivity index (χ4v) is 2.33. The highest BCUT2D eigenvalue weighted by molar-refractivity contribution is 7.89. The van der Waals surface area contributed by atoms with Crippen molar-refractivity contribution < 1.29 is 22.7 Å². The lowest BCUT2D eigenvalue weighted by Gasteiger charge is -2.11. The summed E-state index contributed by atoms with van der Waals surface area (Å²) < 4.78 is 31.3. The molecule has 0 aliphatic rings. The summed E-state index contributed by atoms with van der Waals surface area (Å²) in [6.07, 6.45) is 1.31. The topological polar surface area (TPSA) is 106 Å². The number of aromatic nitrogens is 1. The van der Waals surface area contributed by atoms with Gasteiger partial charge in [-0.05, 0) is 20.0 Å². The molecule has 1 unspecified atom stereocenters. The van der Waals surface area contributed by atoms with Crippen molar-refractivity contribution in [3.8, 4) is 0 Å². The third-order valence-corrected chi connectivity index (χ3v) is 4.08. The number of hydrogen-bond donors (Lipinski definition) is 2. The van der Waals surface area contributed by atoms with Crippen LogP contribution in [0, 0.1) is 0 Å². The van der Waals surface area contributed by atoms with Crippen LogP contribution in [0.1, 0.15) is 17.4 Å². The average Bonchev–Trinajstić information content (AvgIpc) is 2.80. The fraction of sp³-hybridized carbons (Fsp3) is 0.455. The first-order chi connectivity index (χ1) is 9.22. The minimum absolute atomic E-state index is 0.0293. The summed E-state index contributed by atoms with van der Waals surface area (Å²) in [4.78, 5) is 23.2. The average molecular weight is 303 g/mol. The van der Waals surface area contributed by atoms with Crippen molar-refractivity contribution >= 4 is 21.9 Å². The van der Waals surface area contributed by atoms with Crippen LogP contribution in [-0.2, 0) is 26.6 Å². The number of sulfonamides is 1. The SMILES string of the molecule is CNS(=O)(=O)c1cc(C(=O)NC(C)C(=O)OC)n(C)c1. The van der Waals surface area contributed by atoms with Gasteiger partial charge < -0.3 is 14.6 Å². The van der Waals surface area contributed by atoms with E-state index in [4.69, 9.17) is 0 Å². The largest absolute Gasteiger partial charge is 0.467 e. The van der Waals surface area contributed by atoms with E-state index in [1.165, 1.54) is 45.0 Å². The van der Waals surface area contributed by atoms with Crippen LogP contribution in [-0.4, -0.2) is 45.1 Å². The Morgan fingerprint density at radius 2 is 2.00 bits per heavy atom. The lowest BCUT2D eigenvalue weighted by molar-refractivity contribution is -0.142. The molecule has 1 aromatic heterocycles. The molecule has 0 aliphatic carbocycles. The number of carbonyl (C=O) groups excluding carboxylic acids is 2. The standard InChI is InChI=1S/C11H17N3O5S/c1-7(11(16)19-4)13-10(15)9-5-8(6-14(9)3)20(17,18)12-2/h5-7,12H,1-4H3,(H,13,15). The van der Waals surface area contributed by atoms with Gasteiger partial charge in [0.25, 0.3) is 5.91 Å². The highest BCUT2D eigenvalue weighted by Crippen LogP contribution is 2.13. The summed E-state index contributed by atoms with van der Waals surface area (Å²) in [7, 11) is 0.401. The van der Waals surface area contributed by atoms with Gasteiger partial charge in [-0.15, -0.1) is 0 Å². The molecule has 2 N–H and O–H groups in total. The van der Waals surface area contributed by atoms with E-state index >= 15 is 0 Å². The number of aryl methyl sites for hydroxylation is 1. The first-order valence-corrected chi connectivity index (χ1v) is 7.20. The maximum atomic E-state index is 12.0. The van der Waals surface area contributed by atoms with Crippen molar-refractivity contribution in [2.45, 2.75) is 17.9 Å². The van der Waals surface area contributed by atoms with Gasteiger partial charge in [-0.2, -0.15) is 0 Å². The number of hydrogen-bond acceptors (Lipinski definition) is 5. The Balaban J connectivity index is 2.98. The molecule has 0 radical (unpaired) electrons. The molecule has 9 heteroatoms. The second-order valence-electron chi connectivity index (χ2n) is 4.10. The number of ether oxygens (including phenoxy) is 1. The van der Waals surface area contributed by atoms with Gasteiger partial charge in [0.15, 0.2) is 0 Å². The monoisotopic (exact) mass is 303 g/mol. The van der Waals surface area contributed by atoms with Crippen LogP contribution >= 0.6 is 0 Å². The number of amides is 1. The molecular formula is C11H17N3O5S. The smallest absolute Gasteiger partial charge is 0.328 e. The first kappa shape index (κ1) is 16.2. The number of rotatable bonds is 5. The summed E-state index contributed by atoms with van der Waals surface area (Å²) >= 11 is 0. The Morgan fingerprint density at radius 3 is 2.50 bits per heavy atom. The van der Waals surface area contributed by atoms with Gasteiger partial charge in [-0.1, -0.05) is 0 Å². The molecule has 1 amide bonds. The zero-order valence-corrected chi connectivity index (χ0v) is 12.4. The molecule has 0 saturated carbocycles. The summed E-state index contributed by atoms with van der Waals surface area (Å²) in [6.45, 7) is 1.47. The molecule has 0 spiro atoms. The maximum Gasteiger partial charge on any atom is 0.328 e. The molecule has 0 bridgehead atoms. The molecule has 1 atom stereocenters. The Kier molecular flexibility index (Phi) is 4.90. The van der Waals surface area contributed by atoms with Crippen LogP contribution in [0.25, 0.3) is 0 Å². The van der Waals surface area contributed by atoms with Crippen LogP contribution in [0.15, 0.2) is 17.2 Å². The van der Waals surface area contributed by atoms with Crippen molar-refractivity contribution in [1.82, 2.24) is 14.6 Å². The molecule has 0 fully saturated rings. The lowest BCUT2D eigenvalue weighted by atomic mass is 10.3. The highest BCUT2D eigenvalue weighted by atomic mass is 32.2. The molecule has 0 saturated heterocycles. The number of nitrogens with one attached hydrogen (secondary N) is 2. The second-order valence-corrected chi connectivity index (χ2v) is 5.98. The van der Waals surface area contributed by atoms with E-state index in [1.54, 1.807) is 0 Å². The summed E-state index contributed by atoms with van der Waals surface area (Å²) in [6, 6.07) is 0.400. The van der Waals surface area contributed by atoms with Crippen molar-refractivity contribution in [2.75, 3.05) is 14.2 Å². The zero-order valence-electron chi connectivity index (χ0n) is 11.6. The molecule has 1 rings (SSSR count). The summed E-state index contributed by atoms with van der Waals surface area (Å²) in [5, 5.41) is 2.42. The maximum absolute atomic E-state index is 12.0. The van der Waals surface area contributed by atoms with Crippen molar-refractivity contribution in [3.05, 3.63) is 18.0 Å². The van der Waals surface area contributed by atoms with Gasteiger partial charge in [0.1, 0.15) is 16.6 Å². The van der Waals surface area contributed by atoms with Crippen molar-refractivity contribution in [1.29, 1.82) is 0 Å². The Morgan fingerprint density at radius 1 is 1.40 bits per heavy atom. The van der Waals surface area contributed by atoms with Crippen LogP contribution < -0.4 is 10.0 Å². The van der Waals surface area contributed by atoms with Gasteiger partial charge in [0.05, 0.1) is 7.11 Å². The number of methoxy groups -OCH3 is 1. The first-order valence-electron chi connectivity index (χ1n) is 5.71. The van der Waals surface area contributed by atoms with Gasteiger partial charge in [0.2, 0.25) is 10.0 Å². The number of esters is 1. The number of carbonyl (C=O) groups is 2. The molecule has 8 nitrogen and oxygen atoms in total. The van der Waals surface area contributed by atoms with Crippen LogP contribution in [0.2, 0.25) is 0 Å². The Labute approximate surface area is 117 Å². The van der Waals surface area contributed by atoms with Crippen LogP contribution in [0.3, 0.4) is 0 Å². The molecule has 112 valence electrons. The van der Waals surface area contributed by atoms with E-state index < -0.39 is 27.9 Å². The Hall–Kier alpha value is -1.87. The van der Waals surface area contributed by atoms with E-state index in [2.05, 4.69) is 14.8 Å². The van der Waals surface area contributed by atoms with Gasteiger partial charge in [-0.3, -0.25) is 4.79 Å². The quantitative estimate of drug-likeness (QED) is 0.694. The van der Waals surface area contributed by atoms with Crippen molar-refractivity contribution in [2.24, 2.45) is 7.05 Å². The normalized spacial score (nSPS) is 12.8. The molecule has 1 aromatic rings. The minimum atomic E-state index is -3.63. The molecular weight excluding hydrogens is 286 g/mol. The zero-order chi connectivity index (χ0) is 15.5. The molecule has 0 aliphatic heterocycles. The van der Waals surface area contributed by atoms with Gasteiger partial charge in [0, 0.05) is 13.2 Å². The third kappa shape index (κ3) is 3.36. The summed E-state index contributed by atoms with van der Waals surface area (Å²) in [5.74, 6) is -1.15. The predicted octanol–water partition coefficient (Wildman–Crippen LogP) is -0.775. The van der Waals surface area contributed by atoms with Gasteiger partial charge in [-0.25, -0.2) is 17.9 Å². The van der Waals surface area contributed by atoms with E-state index in [1.807, 2.05) is 0 Å². The summed E-state index contributed by atoms with van der Waals surface area (Å²) in [5.41, 5.74) is 0.120. The molecule has 0 aromatic carbocycles. The predicted molar refractivity (Wildman–Crippen MR) is 70.6 cm³/mol. The second kappa shape index (κ2) is 6.06. The van der Waals surface area contributed by atoms with E-state index in [0.29, 0.717) is 0 Å². The highest BCUT2D eigenvalue weighted by Gasteiger charge is 2.22. The molecule has 20 heavy (non-hydrogen) atoms.